The second-order valence-electron chi connectivity index (χ2n) is 4.85. The zero-order chi connectivity index (χ0) is 13.2. The first-order chi connectivity index (χ1) is 9.35. The van der Waals surface area contributed by atoms with Crippen LogP contribution in [0.25, 0.3) is 10.9 Å². The first-order valence-corrected chi connectivity index (χ1v) is 6.68. The number of aldehydes is 1. The monoisotopic (exact) mass is 259 g/mol. The lowest BCUT2D eigenvalue weighted by Gasteiger charge is -2.22. The first-order valence-electron chi connectivity index (χ1n) is 6.68. The fourth-order valence-electron chi connectivity index (χ4n) is 2.84. The van der Waals surface area contributed by atoms with Crippen LogP contribution in [0.15, 0.2) is 30.5 Å². The SMILES string of the molecule is CCC(C1CCOO1)n1cc(C=O)c2ccccc21. The molecule has 1 saturated heterocycles. The standard InChI is InChI=1S/C15H17NO3/c1-2-13(15-7-8-18-19-15)16-9-11(10-17)12-5-3-4-6-14(12)16/h3-6,9-10,13,15H,2,7-8H2,1H3. The number of nitrogens with zero attached hydrogens (tertiary/aromatic N) is 1. The Morgan fingerprint density at radius 3 is 3.00 bits per heavy atom. The molecule has 0 radical (unpaired) electrons. The Kier molecular flexibility index (Phi) is 3.36. The van der Waals surface area contributed by atoms with Gasteiger partial charge in [-0.2, -0.15) is 0 Å². The summed E-state index contributed by atoms with van der Waals surface area (Å²) in [5.41, 5.74) is 1.81. The molecule has 100 valence electrons. The molecule has 1 aliphatic rings. The number of hydrogen-bond acceptors (Lipinski definition) is 3. The van der Waals surface area contributed by atoms with Crippen molar-refractivity contribution in [3.8, 4) is 0 Å². The molecule has 0 aliphatic carbocycles. The molecule has 0 saturated carbocycles. The van der Waals surface area contributed by atoms with Gasteiger partial charge in [-0.1, -0.05) is 25.1 Å². The van der Waals surface area contributed by atoms with Gasteiger partial charge in [0.15, 0.2) is 6.29 Å². The number of benzene rings is 1. The molecule has 4 heteroatoms. The molecule has 1 aromatic carbocycles. The molecule has 3 rings (SSSR count). The highest BCUT2D eigenvalue weighted by molar-refractivity contribution is 5.97. The summed E-state index contributed by atoms with van der Waals surface area (Å²) in [5.74, 6) is 0. The van der Waals surface area contributed by atoms with Crippen molar-refractivity contribution in [2.45, 2.75) is 31.9 Å². The van der Waals surface area contributed by atoms with Crippen molar-refractivity contribution in [1.29, 1.82) is 0 Å². The van der Waals surface area contributed by atoms with Gasteiger partial charge in [0, 0.05) is 29.1 Å². The van der Waals surface area contributed by atoms with Crippen LogP contribution in [-0.4, -0.2) is 23.6 Å². The summed E-state index contributed by atoms with van der Waals surface area (Å²) in [6.07, 6.45) is 4.72. The summed E-state index contributed by atoms with van der Waals surface area (Å²) in [5, 5.41) is 0.995. The van der Waals surface area contributed by atoms with Gasteiger partial charge >= 0.3 is 0 Å². The topological polar surface area (TPSA) is 40.5 Å². The lowest BCUT2D eigenvalue weighted by Crippen LogP contribution is -2.22. The van der Waals surface area contributed by atoms with Gasteiger partial charge in [0.1, 0.15) is 6.10 Å². The van der Waals surface area contributed by atoms with Gasteiger partial charge < -0.3 is 4.57 Å². The van der Waals surface area contributed by atoms with E-state index in [4.69, 9.17) is 9.78 Å². The third kappa shape index (κ3) is 2.07. The third-order valence-electron chi connectivity index (χ3n) is 3.78. The van der Waals surface area contributed by atoms with E-state index in [1.54, 1.807) is 0 Å². The molecule has 0 bridgehead atoms. The van der Waals surface area contributed by atoms with E-state index >= 15 is 0 Å². The Hall–Kier alpha value is -1.65. The van der Waals surface area contributed by atoms with E-state index in [0.717, 1.165) is 35.6 Å². The van der Waals surface area contributed by atoms with E-state index in [1.807, 2.05) is 30.5 Å². The van der Waals surface area contributed by atoms with Gasteiger partial charge in [-0.15, -0.1) is 0 Å². The molecular formula is C15H17NO3. The largest absolute Gasteiger partial charge is 0.341 e. The fourth-order valence-corrected chi connectivity index (χ4v) is 2.84. The molecule has 2 heterocycles. The zero-order valence-electron chi connectivity index (χ0n) is 10.9. The highest BCUT2D eigenvalue weighted by Crippen LogP contribution is 2.31. The van der Waals surface area contributed by atoms with E-state index in [1.165, 1.54) is 0 Å². The summed E-state index contributed by atoms with van der Waals surface area (Å²) in [7, 11) is 0. The highest BCUT2D eigenvalue weighted by atomic mass is 17.2. The Bertz CT molecular complexity index is 584. The van der Waals surface area contributed by atoms with Gasteiger partial charge in [-0.3, -0.25) is 4.79 Å². The Morgan fingerprint density at radius 2 is 2.32 bits per heavy atom. The summed E-state index contributed by atoms with van der Waals surface area (Å²) in [6.45, 7) is 2.77. The van der Waals surface area contributed by atoms with Gasteiger partial charge in [-0.05, 0) is 12.5 Å². The average molecular weight is 259 g/mol. The molecule has 1 aliphatic heterocycles. The number of carbonyl (C=O) groups is 1. The fraction of sp³-hybridized carbons (Fsp3) is 0.400. The van der Waals surface area contributed by atoms with Crippen molar-refractivity contribution in [3.63, 3.8) is 0 Å². The average Bonchev–Trinajstić information content (AvgIpc) is 3.08. The minimum absolute atomic E-state index is 0.0558. The molecular weight excluding hydrogens is 242 g/mol. The predicted octanol–water partition coefficient (Wildman–Crippen LogP) is 3.13. The van der Waals surface area contributed by atoms with Crippen LogP contribution in [0.3, 0.4) is 0 Å². The summed E-state index contributed by atoms with van der Waals surface area (Å²) in [6, 6.07) is 8.16. The van der Waals surface area contributed by atoms with Crippen molar-refractivity contribution in [1.82, 2.24) is 4.57 Å². The molecule has 2 atom stereocenters. The van der Waals surface area contributed by atoms with E-state index in [9.17, 15) is 4.79 Å². The van der Waals surface area contributed by atoms with Crippen LogP contribution in [0.1, 0.15) is 36.2 Å². The predicted molar refractivity (Wildman–Crippen MR) is 72.1 cm³/mol. The number of rotatable bonds is 4. The smallest absolute Gasteiger partial charge is 0.152 e. The molecule has 0 spiro atoms. The molecule has 1 aromatic heterocycles. The number of carbonyl (C=O) groups excluding carboxylic acids is 1. The second kappa shape index (κ2) is 5.15. The molecule has 2 aromatic rings. The summed E-state index contributed by atoms with van der Waals surface area (Å²) in [4.78, 5) is 21.6. The Morgan fingerprint density at radius 1 is 1.47 bits per heavy atom. The molecule has 19 heavy (non-hydrogen) atoms. The van der Waals surface area contributed by atoms with Crippen LogP contribution >= 0.6 is 0 Å². The number of para-hydroxylation sites is 1. The Balaban J connectivity index is 2.09. The van der Waals surface area contributed by atoms with Gasteiger partial charge in [0.25, 0.3) is 0 Å². The summed E-state index contributed by atoms with van der Waals surface area (Å²) < 4.78 is 2.15. The van der Waals surface area contributed by atoms with Crippen molar-refractivity contribution in [2.75, 3.05) is 6.61 Å². The maximum atomic E-state index is 11.2. The van der Waals surface area contributed by atoms with E-state index in [0.29, 0.717) is 6.61 Å². The summed E-state index contributed by atoms with van der Waals surface area (Å²) >= 11 is 0. The third-order valence-corrected chi connectivity index (χ3v) is 3.78. The van der Waals surface area contributed by atoms with Gasteiger partial charge in [0.05, 0.1) is 12.6 Å². The van der Waals surface area contributed by atoms with Crippen LogP contribution in [0, 0.1) is 0 Å². The van der Waals surface area contributed by atoms with E-state index in [-0.39, 0.29) is 12.1 Å². The lowest BCUT2D eigenvalue weighted by atomic mass is 10.1. The van der Waals surface area contributed by atoms with E-state index < -0.39 is 0 Å². The minimum Gasteiger partial charge on any atom is -0.341 e. The van der Waals surface area contributed by atoms with E-state index in [2.05, 4.69) is 11.5 Å². The van der Waals surface area contributed by atoms with Crippen molar-refractivity contribution < 1.29 is 14.6 Å². The molecule has 1 fully saturated rings. The zero-order valence-corrected chi connectivity index (χ0v) is 10.9. The molecule has 0 N–H and O–H groups in total. The number of fused-ring (bicyclic) bond motifs is 1. The van der Waals surface area contributed by atoms with Crippen LogP contribution in [0.2, 0.25) is 0 Å². The minimum atomic E-state index is 0.0558. The number of hydrogen-bond donors (Lipinski definition) is 0. The highest BCUT2D eigenvalue weighted by Gasteiger charge is 2.28. The van der Waals surface area contributed by atoms with Crippen LogP contribution in [0.5, 0.6) is 0 Å². The lowest BCUT2D eigenvalue weighted by molar-refractivity contribution is -0.281. The maximum absolute atomic E-state index is 11.2. The molecule has 4 nitrogen and oxygen atoms in total. The van der Waals surface area contributed by atoms with Crippen molar-refractivity contribution in [2.24, 2.45) is 0 Å². The van der Waals surface area contributed by atoms with Crippen LogP contribution in [-0.2, 0) is 9.78 Å². The normalized spacial score (nSPS) is 20.8. The second-order valence-corrected chi connectivity index (χ2v) is 4.85. The molecule has 0 amide bonds. The molecule has 2 unspecified atom stereocenters. The maximum Gasteiger partial charge on any atom is 0.152 e. The van der Waals surface area contributed by atoms with Crippen molar-refractivity contribution >= 4 is 17.2 Å². The van der Waals surface area contributed by atoms with Gasteiger partial charge in [-0.25, -0.2) is 9.78 Å². The van der Waals surface area contributed by atoms with Gasteiger partial charge in [0.2, 0.25) is 0 Å². The quantitative estimate of drug-likeness (QED) is 0.625. The van der Waals surface area contributed by atoms with Crippen LogP contribution < -0.4 is 0 Å². The van der Waals surface area contributed by atoms with Crippen LogP contribution in [0.4, 0.5) is 0 Å². The Labute approximate surface area is 111 Å². The number of aromatic nitrogens is 1. The first kappa shape index (κ1) is 12.4. The van der Waals surface area contributed by atoms with Crippen molar-refractivity contribution in [3.05, 3.63) is 36.0 Å².